The van der Waals surface area contributed by atoms with E-state index in [4.69, 9.17) is 4.74 Å². The summed E-state index contributed by atoms with van der Waals surface area (Å²) < 4.78 is 5.55. The second-order valence-electron chi connectivity index (χ2n) is 5.93. The molecule has 3 atom stereocenters. The highest BCUT2D eigenvalue weighted by molar-refractivity contribution is 5.92. The Balaban J connectivity index is 2.63. The number of rotatable bonds is 4. The topological polar surface area (TPSA) is 55.4 Å². The minimum absolute atomic E-state index is 0.0215. The fourth-order valence-corrected chi connectivity index (χ4v) is 2.72. The molecule has 4 heteroatoms. The van der Waals surface area contributed by atoms with E-state index in [0.29, 0.717) is 17.8 Å². The predicted molar refractivity (Wildman–Crippen MR) is 74.2 cm³/mol. The molecule has 0 aromatic carbocycles. The van der Waals surface area contributed by atoms with Crippen molar-refractivity contribution in [3.63, 3.8) is 0 Å². The Kier molecular flexibility index (Phi) is 5.58. The number of nitrogens with one attached hydrogen (secondary N) is 1. The summed E-state index contributed by atoms with van der Waals surface area (Å²) in [5.41, 5.74) is 0.0215. The van der Waals surface area contributed by atoms with Gasteiger partial charge in [-0.1, -0.05) is 33.8 Å². The number of carbonyl (C=O) groups excluding carboxylic acids is 2. The van der Waals surface area contributed by atoms with Crippen LogP contribution in [0.2, 0.25) is 0 Å². The second kappa shape index (κ2) is 6.73. The Morgan fingerprint density at radius 1 is 1.32 bits per heavy atom. The molecular weight excluding hydrogens is 242 g/mol. The second-order valence-corrected chi connectivity index (χ2v) is 5.93. The zero-order chi connectivity index (χ0) is 14.6. The molecule has 1 amide bonds. The third-order valence-electron chi connectivity index (χ3n) is 3.79. The molecule has 0 heterocycles. The zero-order valence-electron chi connectivity index (χ0n) is 12.4. The molecule has 1 rings (SSSR count). The van der Waals surface area contributed by atoms with Crippen molar-refractivity contribution in [2.45, 2.75) is 53.1 Å². The molecule has 3 unspecified atom stereocenters. The van der Waals surface area contributed by atoms with Gasteiger partial charge in [0.05, 0.1) is 0 Å². The van der Waals surface area contributed by atoms with Gasteiger partial charge in [0, 0.05) is 6.92 Å². The molecule has 0 bridgehead atoms. The van der Waals surface area contributed by atoms with Crippen LogP contribution >= 0.6 is 0 Å². The number of amides is 1. The first kappa shape index (κ1) is 15.7. The van der Waals surface area contributed by atoms with Crippen molar-refractivity contribution in [1.29, 1.82) is 0 Å². The van der Waals surface area contributed by atoms with E-state index in [1.54, 1.807) is 0 Å². The summed E-state index contributed by atoms with van der Waals surface area (Å²) in [6, 6.07) is 0. The van der Waals surface area contributed by atoms with E-state index in [2.05, 4.69) is 32.7 Å². The van der Waals surface area contributed by atoms with Gasteiger partial charge < -0.3 is 10.1 Å². The molecule has 0 aromatic heterocycles. The van der Waals surface area contributed by atoms with E-state index in [1.165, 1.54) is 13.3 Å². The number of hydrogen-bond acceptors (Lipinski definition) is 3. The number of esters is 1. The van der Waals surface area contributed by atoms with E-state index in [1.807, 2.05) is 0 Å². The molecular formula is C15H25NO3. The standard InChI is InChI=1S/C15H25NO3/c1-9(2)13-7-6-10(3)8-14(13)19-15(18)11(4)16-12(5)17/h9-10,13-14H,4,6-8H2,1-3,5H3,(H,16,17). The van der Waals surface area contributed by atoms with Crippen molar-refractivity contribution in [2.24, 2.45) is 17.8 Å². The Morgan fingerprint density at radius 3 is 2.47 bits per heavy atom. The van der Waals surface area contributed by atoms with E-state index < -0.39 is 5.97 Å². The van der Waals surface area contributed by atoms with Gasteiger partial charge in [-0.25, -0.2) is 4.79 Å². The molecule has 0 aliphatic heterocycles. The molecule has 0 aromatic rings. The number of hydrogen-bond donors (Lipinski definition) is 1. The average Bonchev–Trinajstić information content (AvgIpc) is 2.27. The van der Waals surface area contributed by atoms with Gasteiger partial charge in [0.15, 0.2) is 0 Å². The normalized spacial score (nSPS) is 26.9. The lowest BCUT2D eigenvalue weighted by Crippen LogP contribution is -2.37. The quantitative estimate of drug-likeness (QED) is 0.629. The molecule has 108 valence electrons. The van der Waals surface area contributed by atoms with Gasteiger partial charge in [0.1, 0.15) is 11.8 Å². The van der Waals surface area contributed by atoms with Gasteiger partial charge in [0.25, 0.3) is 0 Å². The monoisotopic (exact) mass is 267 g/mol. The first-order valence-corrected chi connectivity index (χ1v) is 6.98. The molecule has 0 spiro atoms. The molecule has 1 saturated carbocycles. The smallest absolute Gasteiger partial charge is 0.354 e. The minimum atomic E-state index is -0.514. The maximum absolute atomic E-state index is 11.9. The Morgan fingerprint density at radius 2 is 1.95 bits per heavy atom. The lowest BCUT2D eigenvalue weighted by Gasteiger charge is -2.36. The van der Waals surface area contributed by atoms with Crippen molar-refractivity contribution in [2.75, 3.05) is 0 Å². The largest absolute Gasteiger partial charge is 0.457 e. The van der Waals surface area contributed by atoms with Gasteiger partial charge in [-0.15, -0.1) is 0 Å². The van der Waals surface area contributed by atoms with Crippen molar-refractivity contribution < 1.29 is 14.3 Å². The fraction of sp³-hybridized carbons (Fsp3) is 0.733. The molecule has 19 heavy (non-hydrogen) atoms. The minimum Gasteiger partial charge on any atom is -0.457 e. The summed E-state index contributed by atoms with van der Waals surface area (Å²) in [4.78, 5) is 22.8. The maximum atomic E-state index is 11.9. The van der Waals surface area contributed by atoms with Crippen LogP contribution < -0.4 is 5.32 Å². The lowest BCUT2D eigenvalue weighted by atomic mass is 9.75. The van der Waals surface area contributed by atoms with Crippen molar-refractivity contribution in [3.05, 3.63) is 12.3 Å². The van der Waals surface area contributed by atoms with Crippen LogP contribution in [0, 0.1) is 17.8 Å². The molecule has 1 N–H and O–H groups in total. The predicted octanol–water partition coefficient (Wildman–Crippen LogP) is 2.64. The average molecular weight is 267 g/mol. The molecule has 0 radical (unpaired) electrons. The first-order chi connectivity index (χ1) is 8.81. The third kappa shape index (κ3) is 4.69. The van der Waals surface area contributed by atoms with Crippen molar-refractivity contribution in [3.8, 4) is 0 Å². The van der Waals surface area contributed by atoms with Crippen LogP contribution in [0.25, 0.3) is 0 Å². The maximum Gasteiger partial charge on any atom is 0.354 e. The highest BCUT2D eigenvalue weighted by atomic mass is 16.5. The molecule has 0 saturated heterocycles. The summed E-state index contributed by atoms with van der Waals surface area (Å²) in [5.74, 6) is 0.630. The van der Waals surface area contributed by atoms with E-state index >= 15 is 0 Å². The van der Waals surface area contributed by atoms with E-state index in [0.717, 1.165) is 12.8 Å². The number of ether oxygens (including phenoxy) is 1. The van der Waals surface area contributed by atoms with Crippen LogP contribution in [0.3, 0.4) is 0 Å². The van der Waals surface area contributed by atoms with Crippen LogP contribution in [0.15, 0.2) is 12.3 Å². The first-order valence-electron chi connectivity index (χ1n) is 6.98. The fourth-order valence-electron chi connectivity index (χ4n) is 2.72. The third-order valence-corrected chi connectivity index (χ3v) is 3.79. The van der Waals surface area contributed by atoms with Gasteiger partial charge in [-0.3, -0.25) is 4.79 Å². The van der Waals surface area contributed by atoms with Gasteiger partial charge in [-0.2, -0.15) is 0 Å². The van der Waals surface area contributed by atoms with Crippen LogP contribution in [0.1, 0.15) is 47.0 Å². The summed E-state index contributed by atoms with van der Waals surface area (Å²) in [7, 11) is 0. The summed E-state index contributed by atoms with van der Waals surface area (Å²) in [6.07, 6.45) is 3.09. The Hall–Kier alpha value is -1.32. The van der Waals surface area contributed by atoms with Crippen LogP contribution in [0.5, 0.6) is 0 Å². The van der Waals surface area contributed by atoms with Gasteiger partial charge in [-0.05, 0) is 30.6 Å². The molecule has 1 fully saturated rings. The number of carbonyl (C=O) groups is 2. The molecule has 1 aliphatic rings. The molecule has 4 nitrogen and oxygen atoms in total. The van der Waals surface area contributed by atoms with E-state index in [9.17, 15) is 9.59 Å². The van der Waals surface area contributed by atoms with Crippen LogP contribution in [-0.4, -0.2) is 18.0 Å². The lowest BCUT2D eigenvalue weighted by molar-refractivity contribution is -0.152. The van der Waals surface area contributed by atoms with Gasteiger partial charge in [0.2, 0.25) is 5.91 Å². The van der Waals surface area contributed by atoms with Crippen LogP contribution in [-0.2, 0) is 14.3 Å². The Labute approximate surface area is 115 Å². The Bertz CT molecular complexity index is 362. The van der Waals surface area contributed by atoms with Crippen molar-refractivity contribution >= 4 is 11.9 Å². The zero-order valence-corrected chi connectivity index (χ0v) is 12.4. The molecule has 1 aliphatic carbocycles. The summed E-state index contributed by atoms with van der Waals surface area (Å²) >= 11 is 0. The van der Waals surface area contributed by atoms with Crippen LogP contribution in [0.4, 0.5) is 0 Å². The highest BCUT2D eigenvalue weighted by Crippen LogP contribution is 2.35. The highest BCUT2D eigenvalue weighted by Gasteiger charge is 2.33. The summed E-state index contributed by atoms with van der Waals surface area (Å²) in [5, 5.41) is 2.38. The SMILES string of the molecule is C=C(NC(C)=O)C(=O)OC1CC(C)CCC1C(C)C. The van der Waals surface area contributed by atoms with Crippen molar-refractivity contribution in [1.82, 2.24) is 5.32 Å². The van der Waals surface area contributed by atoms with E-state index in [-0.39, 0.29) is 17.7 Å². The van der Waals surface area contributed by atoms with Gasteiger partial charge >= 0.3 is 5.97 Å². The summed E-state index contributed by atoms with van der Waals surface area (Å²) in [6.45, 7) is 11.4.